The Morgan fingerprint density at radius 1 is 0.962 bits per heavy atom. The minimum Gasteiger partial charge on any atom is -0.542 e. The Balaban J connectivity index is 0.000000472. The summed E-state index contributed by atoms with van der Waals surface area (Å²) in [5.41, 5.74) is 4.21. The maximum atomic E-state index is 13.4. The number of fused-ring (bicyclic) bond motifs is 1. The van der Waals surface area contributed by atoms with Gasteiger partial charge in [-0.05, 0) is 73.1 Å². The van der Waals surface area contributed by atoms with E-state index in [1.807, 2.05) is 54.6 Å². The number of ether oxygens (including phenoxy) is 2. The molecule has 0 atom stereocenters. The summed E-state index contributed by atoms with van der Waals surface area (Å²) in [6.07, 6.45) is 10.5. The van der Waals surface area contributed by atoms with E-state index in [-0.39, 0.29) is 12.3 Å². The molecule has 280 valence electrons. The molecule has 0 aliphatic carbocycles. The Morgan fingerprint density at radius 3 is 2.21 bits per heavy atom. The fourth-order valence-electron chi connectivity index (χ4n) is 5.58. The molecule has 1 fully saturated rings. The fourth-order valence-corrected chi connectivity index (χ4v) is 5.58. The van der Waals surface area contributed by atoms with Crippen LogP contribution in [0.4, 0.5) is 13.2 Å². The summed E-state index contributed by atoms with van der Waals surface area (Å²) in [7, 11) is 0. The van der Waals surface area contributed by atoms with E-state index in [1.165, 1.54) is 63.6 Å². The molecule has 0 amide bonds. The number of nitrogens with zero attached hydrogens (tertiary/aromatic N) is 2. The molecule has 3 aromatic carbocycles. The van der Waals surface area contributed by atoms with Gasteiger partial charge in [0, 0.05) is 10.9 Å². The third-order valence-electron chi connectivity index (χ3n) is 8.43. The molecule has 52 heavy (non-hydrogen) atoms. The predicted molar refractivity (Wildman–Crippen MR) is 196 cm³/mol. The maximum absolute atomic E-state index is 13.4. The summed E-state index contributed by atoms with van der Waals surface area (Å²) in [6.45, 7) is 10.5. The third-order valence-corrected chi connectivity index (χ3v) is 8.43. The molecule has 1 aromatic heterocycles. The van der Waals surface area contributed by atoms with Crippen molar-refractivity contribution >= 4 is 16.9 Å². The van der Waals surface area contributed by atoms with Crippen LogP contribution in [0.15, 0.2) is 71.5 Å². The SMILES string of the molecule is C#CCOc1ccc2c(c1)c(-c1ccc(C(C)C)cc1)nc(=O)n2Cc1cccc(OCCCCCCC)c1.C1CC[NH2+]CC1.O=C([O-])C(F)(F)F. The topological polar surface area (TPSA) is 110 Å². The van der Waals surface area contributed by atoms with Gasteiger partial charge < -0.3 is 24.7 Å². The highest BCUT2D eigenvalue weighted by atomic mass is 19.4. The number of unbranched alkanes of at least 4 members (excludes halogenated alkanes) is 4. The molecular formula is C41H50F3N3O5. The number of aliphatic carboxylic acids is 1. The van der Waals surface area contributed by atoms with Crippen LogP contribution in [0.5, 0.6) is 11.5 Å². The number of hydrogen-bond donors (Lipinski definition) is 1. The third kappa shape index (κ3) is 13.7. The normalized spacial score (nSPS) is 12.6. The second-order valence-corrected chi connectivity index (χ2v) is 12.9. The zero-order valence-corrected chi connectivity index (χ0v) is 30.3. The lowest BCUT2D eigenvalue weighted by Gasteiger charge is -2.15. The first-order valence-electron chi connectivity index (χ1n) is 18.0. The number of rotatable bonds is 13. The molecule has 1 aliphatic heterocycles. The standard InChI is InChI=1S/C34H38N2O3.C5H11N.C2HF3O2/c1-5-7-8-9-10-21-39-29-13-11-12-26(22-29)24-36-32-19-18-30(38-20-6-2)23-31(32)33(35-34(36)37)28-16-14-27(15-17-28)25(3)4;1-2-4-6-5-3-1;3-2(4,5)1(6)7/h2,11-19,22-23,25H,5,7-10,20-21,24H2,1,3-4H3;6H,1-5H2;(H,6,7). The highest BCUT2D eigenvalue weighted by Gasteiger charge is 2.28. The molecule has 0 unspecified atom stereocenters. The van der Waals surface area contributed by atoms with Crippen molar-refractivity contribution in [3.63, 3.8) is 0 Å². The largest absolute Gasteiger partial charge is 0.542 e. The minimum absolute atomic E-state index is 0.169. The van der Waals surface area contributed by atoms with E-state index in [1.54, 1.807) is 4.57 Å². The van der Waals surface area contributed by atoms with E-state index in [4.69, 9.17) is 25.8 Å². The van der Waals surface area contributed by atoms with Crippen LogP contribution in [-0.4, -0.2) is 48.0 Å². The summed E-state index contributed by atoms with van der Waals surface area (Å²) in [5, 5.41) is 12.0. The molecule has 8 nitrogen and oxygen atoms in total. The number of benzene rings is 3. The van der Waals surface area contributed by atoms with Crippen molar-refractivity contribution in [1.82, 2.24) is 9.55 Å². The highest BCUT2D eigenvalue weighted by Crippen LogP contribution is 2.30. The zero-order chi connectivity index (χ0) is 37.9. The monoisotopic (exact) mass is 721 g/mol. The van der Waals surface area contributed by atoms with Gasteiger partial charge in [0.05, 0.1) is 37.5 Å². The van der Waals surface area contributed by atoms with Crippen molar-refractivity contribution in [1.29, 1.82) is 0 Å². The zero-order valence-electron chi connectivity index (χ0n) is 30.3. The van der Waals surface area contributed by atoms with Crippen molar-refractivity contribution < 1.29 is 37.9 Å². The van der Waals surface area contributed by atoms with Gasteiger partial charge in [-0.25, -0.2) is 4.79 Å². The van der Waals surface area contributed by atoms with Crippen molar-refractivity contribution in [2.24, 2.45) is 0 Å². The first-order valence-corrected chi connectivity index (χ1v) is 18.0. The Morgan fingerprint density at radius 2 is 1.63 bits per heavy atom. The van der Waals surface area contributed by atoms with Crippen LogP contribution < -0.4 is 25.6 Å². The molecule has 2 N–H and O–H groups in total. The van der Waals surface area contributed by atoms with Crippen molar-refractivity contribution in [2.45, 2.75) is 90.8 Å². The van der Waals surface area contributed by atoms with Gasteiger partial charge in [0.2, 0.25) is 0 Å². The van der Waals surface area contributed by atoms with Gasteiger partial charge in [-0.15, -0.1) is 6.42 Å². The van der Waals surface area contributed by atoms with E-state index >= 15 is 0 Å². The lowest BCUT2D eigenvalue weighted by molar-refractivity contribution is -0.662. The minimum atomic E-state index is -5.19. The van der Waals surface area contributed by atoms with Crippen molar-refractivity contribution in [2.75, 3.05) is 26.3 Å². The van der Waals surface area contributed by atoms with E-state index in [2.05, 4.69) is 49.1 Å². The van der Waals surface area contributed by atoms with Gasteiger partial charge in [0.25, 0.3) is 0 Å². The predicted octanol–water partition coefficient (Wildman–Crippen LogP) is 6.63. The first kappa shape index (κ1) is 41.6. The molecule has 0 bridgehead atoms. The Bertz CT molecular complexity index is 1780. The number of carbonyl (C=O) groups is 1. The molecule has 0 saturated carbocycles. The Kier molecular flexibility index (Phi) is 17.2. The summed E-state index contributed by atoms with van der Waals surface area (Å²) in [4.78, 5) is 26.7. The van der Waals surface area contributed by atoms with Crippen LogP contribution in [0, 0.1) is 12.3 Å². The average molecular weight is 722 g/mol. The van der Waals surface area contributed by atoms with E-state index in [0.29, 0.717) is 30.5 Å². The second-order valence-electron chi connectivity index (χ2n) is 12.9. The van der Waals surface area contributed by atoms with Crippen molar-refractivity contribution in [3.05, 3.63) is 88.3 Å². The molecule has 11 heteroatoms. The summed E-state index contributed by atoms with van der Waals surface area (Å²) >= 11 is 0. The first-order chi connectivity index (χ1) is 24.9. The van der Waals surface area contributed by atoms with Crippen LogP contribution in [-0.2, 0) is 11.3 Å². The summed E-state index contributed by atoms with van der Waals surface area (Å²) < 4.78 is 45.0. The second kappa shape index (κ2) is 21.5. The van der Waals surface area contributed by atoms with E-state index in [0.717, 1.165) is 34.2 Å². The number of terminal acetylenes is 1. The summed E-state index contributed by atoms with van der Waals surface area (Å²) in [5.74, 6) is 1.38. The molecular weight excluding hydrogens is 671 g/mol. The van der Waals surface area contributed by atoms with Gasteiger partial charge in [-0.1, -0.05) is 88.8 Å². The highest BCUT2D eigenvalue weighted by molar-refractivity contribution is 5.93. The molecule has 4 aromatic rings. The number of hydrogen-bond acceptors (Lipinski definition) is 6. The fraction of sp³-hybridized carbons (Fsp3) is 0.439. The quantitative estimate of drug-likeness (QED) is 0.123. The Hall–Kier alpha value is -4.82. The number of carboxylic acid groups (broad SMARTS) is 1. The number of aromatic nitrogens is 2. The van der Waals surface area contributed by atoms with Gasteiger partial charge in [0.15, 0.2) is 0 Å². The van der Waals surface area contributed by atoms with Crippen LogP contribution in [0.2, 0.25) is 0 Å². The van der Waals surface area contributed by atoms with Crippen LogP contribution in [0.3, 0.4) is 0 Å². The van der Waals surface area contributed by atoms with Gasteiger partial charge in [-0.2, -0.15) is 18.2 Å². The lowest BCUT2D eigenvalue weighted by Crippen LogP contribution is -2.85. The van der Waals surface area contributed by atoms with Gasteiger partial charge >= 0.3 is 11.9 Å². The smallest absolute Gasteiger partial charge is 0.430 e. The van der Waals surface area contributed by atoms with E-state index in [9.17, 15) is 18.0 Å². The number of piperidine rings is 1. The number of alkyl halides is 3. The van der Waals surface area contributed by atoms with Crippen LogP contribution in [0.25, 0.3) is 22.2 Å². The molecule has 5 rings (SSSR count). The van der Waals surface area contributed by atoms with Gasteiger partial charge in [0.1, 0.15) is 24.1 Å². The molecule has 1 aliphatic rings. The van der Waals surface area contributed by atoms with Crippen LogP contribution >= 0.6 is 0 Å². The maximum Gasteiger partial charge on any atom is 0.430 e. The molecule has 0 spiro atoms. The lowest BCUT2D eigenvalue weighted by atomic mass is 9.99. The average Bonchev–Trinajstić information content (AvgIpc) is 3.14. The number of nitrogens with two attached hydrogens (primary N) is 1. The summed E-state index contributed by atoms with van der Waals surface area (Å²) in [6, 6.07) is 21.9. The number of carbonyl (C=O) groups excluding carboxylic acids is 1. The number of halogens is 3. The van der Waals surface area contributed by atoms with Gasteiger partial charge in [-0.3, -0.25) is 4.57 Å². The Labute approximate surface area is 304 Å². The van der Waals surface area contributed by atoms with E-state index < -0.39 is 12.1 Å². The number of quaternary nitrogens is 1. The number of carboxylic acids is 1. The molecule has 0 radical (unpaired) electrons. The van der Waals surface area contributed by atoms with Crippen LogP contribution in [0.1, 0.15) is 89.2 Å². The van der Waals surface area contributed by atoms with Crippen molar-refractivity contribution in [3.8, 4) is 35.1 Å². The molecule has 2 heterocycles. The molecule has 1 saturated heterocycles.